The summed E-state index contributed by atoms with van der Waals surface area (Å²) in [7, 11) is 0. The Morgan fingerprint density at radius 2 is 1.70 bits per heavy atom. The van der Waals surface area contributed by atoms with Gasteiger partial charge >= 0.3 is 6.03 Å². The number of hydrogen-bond donors (Lipinski definition) is 4. The number of anilines is 1. The van der Waals surface area contributed by atoms with Crippen LogP contribution in [0.3, 0.4) is 0 Å². The molecule has 2 aromatic carbocycles. The van der Waals surface area contributed by atoms with Crippen LogP contribution in [0.5, 0.6) is 11.5 Å². The van der Waals surface area contributed by atoms with Crippen molar-refractivity contribution in [2.24, 2.45) is 0 Å². The molecular formula is C16H17N3O4. The quantitative estimate of drug-likeness (QED) is 0.508. The Bertz CT molecular complexity index is 683. The molecule has 3 amide bonds. The number of nitrogens with one attached hydrogen (secondary N) is 2. The Morgan fingerprint density at radius 3 is 2.30 bits per heavy atom. The number of benzene rings is 2. The molecule has 1 unspecified atom stereocenters. The van der Waals surface area contributed by atoms with E-state index in [0.29, 0.717) is 17.0 Å². The van der Waals surface area contributed by atoms with Gasteiger partial charge in [0.2, 0.25) is 0 Å². The molecule has 7 nitrogen and oxygen atoms in total. The topological polar surface area (TPSA) is 114 Å². The number of carbonyl (C=O) groups is 2. The molecule has 0 aromatic heterocycles. The van der Waals surface area contributed by atoms with Crippen molar-refractivity contribution in [1.29, 1.82) is 0 Å². The van der Waals surface area contributed by atoms with Gasteiger partial charge in [-0.05, 0) is 55.5 Å². The standard InChI is InChI=1S/C16H17N3O4/c1-10(23-14-8-6-13(20)7-9-14)18-16(22)19-15(21)11-2-4-12(17)5-3-11/h2-10,20H,17H2,1H3,(H2,18,19,21,22). The number of urea groups is 1. The summed E-state index contributed by atoms with van der Waals surface area (Å²) in [4.78, 5) is 23.6. The number of hydrogen-bond acceptors (Lipinski definition) is 5. The molecule has 0 spiro atoms. The van der Waals surface area contributed by atoms with Crippen molar-refractivity contribution in [1.82, 2.24) is 10.6 Å². The molecule has 7 heteroatoms. The number of ether oxygens (including phenoxy) is 1. The van der Waals surface area contributed by atoms with Crippen LogP contribution in [0.15, 0.2) is 48.5 Å². The Labute approximate surface area is 133 Å². The van der Waals surface area contributed by atoms with Crippen LogP contribution in [0.4, 0.5) is 10.5 Å². The van der Waals surface area contributed by atoms with Gasteiger partial charge in [-0.25, -0.2) is 4.79 Å². The van der Waals surface area contributed by atoms with Gasteiger partial charge < -0.3 is 20.9 Å². The average Bonchev–Trinajstić information content (AvgIpc) is 2.50. The van der Waals surface area contributed by atoms with Crippen LogP contribution < -0.4 is 21.1 Å². The highest BCUT2D eigenvalue weighted by Crippen LogP contribution is 2.16. The van der Waals surface area contributed by atoms with Crippen LogP contribution in [0, 0.1) is 0 Å². The fourth-order valence-corrected chi connectivity index (χ4v) is 1.79. The Hall–Kier alpha value is -3.22. The summed E-state index contributed by atoms with van der Waals surface area (Å²) in [5.74, 6) is 0.0459. The van der Waals surface area contributed by atoms with Crippen molar-refractivity contribution in [2.75, 3.05) is 5.73 Å². The second-order valence-corrected chi connectivity index (χ2v) is 4.80. The first kappa shape index (κ1) is 16.2. The first-order chi connectivity index (χ1) is 10.9. The second kappa shape index (κ2) is 7.17. The minimum Gasteiger partial charge on any atom is -0.508 e. The Morgan fingerprint density at radius 1 is 1.09 bits per heavy atom. The van der Waals surface area contributed by atoms with Crippen molar-refractivity contribution in [3.8, 4) is 11.5 Å². The molecule has 120 valence electrons. The molecule has 0 saturated heterocycles. The summed E-state index contributed by atoms with van der Waals surface area (Å²) in [6.07, 6.45) is -0.668. The van der Waals surface area contributed by atoms with Gasteiger partial charge in [0.25, 0.3) is 5.91 Å². The molecule has 0 bridgehead atoms. The molecule has 0 aliphatic rings. The van der Waals surface area contributed by atoms with Gasteiger partial charge in [0.05, 0.1) is 0 Å². The van der Waals surface area contributed by atoms with Crippen molar-refractivity contribution in [3.63, 3.8) is 0 Å². The van der Waals surface area contributed by atoms with Gasteiger partial charge in [-0.2, -0.15) is 0 Å². The van der Waals surface area contributed by atoms with E-state index in [9.17, 15) is 14.7 Å². The number of rotatable bonds is 4. The third kappa shape index (κ3) is 4.92. The number of phenolic OH excluding ortho intramolecular Hbond substituents is 1. The zero-order valence-electron chi connectivity index (χ0n) is 12.4. The highest BCUT2D eigenvalue weighted by Gasteiger charge is 2.13. The maximum atomic E-state index is 11.9. The average molecular weight is 315 g/mol. The third-order valence-corrected chi connectivity index (χ3v) is 2.88. The number of amides is 3. The highest BCUT2D eigenvalue weighted by molar-refractivity contribution is 6.04. The number of nitrogen functional groups attached to an aromatic ring is 1. The number of carbonyl (C=O) groups excluding carboxylic acids is 2. The fourth-order valence-electron chi connectivity index (χ4n) is 1.79. The van der Waals surface area contributed by atoms with Gasteiger partial charge in [0.15, 0.2) is 6.23 Å². The van der Waals surface area contributed by atoms with Crippen molar-refractivity contribution in [3.05, 3.63) is 54.1 Å². The van der Waals surface area contributed by atoms with Crippen LogP contribution in [-0.2, 0) is 0 Å². The molecule has 1 atom stereocenters. The molecule has 23 heavy (non-hydrogen) atoms. The Kier molecular flexibility index (Phi) is 5.03. The molecule has 2 aromatic rings. The van der Waals surface area contributed by atoms with E-state index >= 15 is 0 Å². The molecule has 5 N–H and O–H groups in total. The Balaban J connectivity index is 1.84. The zero-order valence-corrected chi connectivity index (χ0v) is 12.4. The second-order valence-electron chi connectivity index (χ2n) is 4.80. The van der Waals surface area contributed by atoms with Gasteiger partial charge in [0, 0.05) is 11.3 Å². The number of aromatic hydroxyl groups is 1. The molecule has 0 fully saturated rings. The molecule has 0 aliphatic carbocycles. The SMILES string of the molecule is CC(NC(=O)NC(=O)c1ccc(N)cc1)Oc1ccc(O)cc1. The molecule has 0 heterocycles. The van der Waals surface area contributed by atoms with E-state index < -0.39 is 18.2 Å². The summed E-state index contributed by atoms with van der Waals surface area (Å²) >= 11 is 0. The van der Waals surface area contributed by atoms with Gasteiger partial charge in [-0.1, -0.05) is 0 Å². The molecular weight excluding hydrogens is 298 g/mol. The lowest BCUT2D eigenvalue weighted by Crippen LogP contribution is -2.45. The maximum absolute atomic E-state index is 11.9. The fraction of sp³-hybridized carbons (Fsp3) is 0.125. The first-order valence-corrected chi connectivity index (χ1v) is 6.87. The molecule has 0 aliphatic heterocycles. The molecule has 0 radical (unpaired) electrons. The summed E-state index contributed by atoms with van der Waals surface area (Å²) in [6, 6.07) is 11.6. The number of phenols is 1. The smallest absolute Gasteiger partial charge is 0.324 e. The number of nitrogens with two attached hydrogens (primary N) is 1. The van der Waals surface area contributed by atoms with Gasteiger partial charge in [-0.3, -0.25) is 10.1 Å². The minimum atomic E-state index is -0.682. The van der Waals surface area contributed by atoms with E-state index in [2.05, 4.69) is 10.6 Å². The van der Waals surface area contributed by atoms with Gasteiger partial charge in [0.1, 0.15) is 11.5 Å². The van der Waals surface area contributed by atoms with Crippen LogP contribution in [-0.4, -0.2) is 23.3 Å². The van der Waals surface area contributed by atoms with Crippen molar-refractivity contribution in [2.45, 2.75) is 13.2 Å². The van der Waals surface area contributed by atoms with Crippen molar-refractivity contribution < 1.29 is 19.4 Å². The van der Waals surface area contributed by atoms with Crippen LogP contribution in [0.2, 0.25) is 0 Å². The lowest BCUT2D eigenvalue weighted by molar-refractivity contribution is 0.0958. The lowest BCUT2D eigenvalue weighted by atomic mass is 10.2. The summed E-state index contributed by atoms with van der Waals surface area (Å²) < 4.78 is 5.43. The lowest BCUT2D eigenvalue weighted by Gasteiger charge is -2.16. The van der Waals surface area contributed by atoms with E-state index in [4.69, 9.17) is 10.5 Å². The number of imide groups is 1. The summed E-state index contributed by atoms with van der Waals surface area (Å²) in [5, 5.41) is 13.8. The normalized spacial score (nSPS) is 11.3. The molecule has 0 saturated carbocycles. The summed E-state index contributed by atoms with van der Waals surface area (Å²) in [5.41, 5.74) is 6.38. The third-order valence-electron chi connectivity index (χ3n) is 2.88. The zero-order chi connectivity index (χ0) is 16.8. The monoisotopic (exact) mass is 315 g/mol. The predicted molar refractivity (Wildman–Crippen MR) is 85.0 cm³/mol. The largest absolute Gasteiger partial charge is 0.508 e. The van der Waals surface area contributed by atoms with E-state index in [1.165, 1.54) is 24.3 Å². The maximum Gasteiger partial charge on any atom is 0.324 e. The van der Waals surface area contributed by atoms with Gasteiger partial charge in [-0.15, -0.1) is 0 Å². The van der Waals surface area contributed by atoms with E-state index in [-0.39, 0.29) is 5.75 Å². The van der Waals surface area contributed by atoms with E-state index in [1.54, 1.807) is 31.2 Å². The van der Waals surface area contributed by atoms with Crippen LogP contribution in [0.25, 0.3) is 0 Å². The summed E-state index contributed by atoms with van der Waals surface area (Å²) in [6.45, 7) is 1.61. The predicted octanol–water partition coefficient (Wildman–Crippen LogP) is 1.84. The van der Waals surface area contributed by atoms with Crippen LogP contribution in [0.1, 0.15) is 17.3 Å². The van der Waals surface area contributed by atoms with E-state index in [1.807, 2.05) is 0 Å². The van der Waals surface area contributed by atoms with E-state index in [0.717, 1.165) is 0 Å². The minimum absolute atomic E-state index is 0.116. The molecule has 2 rings (SSSR count). The first-order valence-electron chi connectivity index (χ1n) is 6.87. The van der Waals surface area contributed by atoms with Crippen molar-refractivity contribution >= 4 is 17.6 Å². The van der Waals surface area contributed by atoms with Crippen LogP contribution >= 0.6 is 0 Å². The highest BCUT2D eigenvalue weighted by atomic mass is 16.5.